The Morgan fingerprint density at radius 3 is 2.57 bits per heavy atom. The van der Waals surface area contributed by atoms with E-state index in [2.05, 4.69) is 20.1 Å². The molecule has 3 heterocycles. The fourth-order valence-electron chi connectivity index (χ4n) is 4.61. The monoisotopic (exact) mass is 384 g/mol. The number of nitrogens with one attached hydrogen (secondary N) is 1. The molecule has 1 aromatic heterocycles. The fraction of sp³-hybridized carbons (Fsp3) is 0.682. The molecular formula is C22H32N4O2. The largest absolute Gasteiger partial charge is 0.350 e. The van der Waals surface area contributed by atoms with Gasteiger partial charge in [-0.15, -0.1) is 0 Å². The van der Waals surface area contributed by atoms with Crippen LogP contribution in [0.1, 0.15) is 49.9 Å². The van der Waals surface area contributed by atoms with Crippen molar-refractivity contribution in [1.29, 1.82) is 0 Å². The molecular weight excluding hydrogens is 352 g/mol. The Kier molecular flexibility index (Phi) is 5.95. The summed E-state index contributed by atoms with van der Waals surface area (Å²) in [6.07, 6.45) is 6.28. The number of hydrogen-bond donors (Lipinski definition) is 1. The molecule has 4 rings (SSSR count). The van der Waals surface area contributed by atoms with Crippen LogP contribution in [0.5, 0.6) is 0 Å². The Hall–Kier alpha value is -1.95. The first-order valence-corrected chi connectivity index (χ1v) is 10.8. The number of amides is 2. The zero-order valence-corrected chi connectivity index (χ0v) is 16.9. The SMILES string of the molecule is Cc1cccc(CNC(=O)[C@H]2CCCN(C3CCN(C(=O)C4CC4)CC3)C2)n1. The van der Waals surface area contributed by atoms with Gasteiger partial charge in [-0.3, -0.25) is 19.5 Å². The van der Waals surface area contributed by atoms with Crippen LogP contribution in [0.25, 0.3) is 0 Å². The van der Waals surface area contributed by atoms with E-state index >= 15 is 0 Å². The molecule has 6 heteroatoms. The molecule has 0 bridgehead atoms. The minimum absolute atomic E-state index is 0.0599. The molecule has 2 amide bonds. The Morgan fingerprint density at radius 2 is 1.86 bits per heavy atom. The van der Waals surface area contributed by atoms with Gasteiger partial charge in [0.1, 0.15) is 0 Å². The molecule has 2 saturated heterocycles. The smallest absolute Gasteiger partial charge is 0.225 e. The van der Waals surface area contributed by atoms with Crippen LogP contribution in [0, 0.1) is 18.8 Å². The van der Waals surface area contributed by atoms with Crippen molar-refractivity contribution in [2.75, 3.05) is 26.2 Å². The van der Waals surface area contributed by atoms with Gasteiger partial charge < -0.3 is 10.2 Å². The second-order valence-electron chi connectivity index (χ2n) is 8.65. The minimum Gasteiger partial charge on any atom is -0.350 e. The molecule has 1 aliphatic carbocycles. The van der Waals surface area contributed by atoms with E-state index in [4.69, 9.17) is 0 Å². The number of carbonyl (C=O) groups excluding carboxylic acids is 2. The van der Waals surface area contributed by atoms with Crippen LogP contribution >= 0.6 is 0 Å². The van der Waals surface area contributed by atoms with Gasteiger partial charge in [-0.2, -0.15) is 0 Å². The molecule has 152 valence electrons. The van der Waals surface area contributed by atoms with Crippen molar-refractivity contribution >= 4 is 11.8 Å². The summed E-state index contributed by atoms with van der Waals surface area (Å²) in [4.78, 5) is 34.0. The molecule has 1 atom stereocenters. The van der Waals surface area contributed by atoms with Gasteiger partial charge >= 0.3 is 0 Å². The van der Waals surface area contributed by atoms with E-state index in [1.54, 1.807) is 0 Å². The van der Waals surface area contributed by atoms with Crippen molar-refractivity contribution in [1.82, 2.24) is 20.1 Å². The van der Waals surface area contributed by atoms with Crippen LogP contribution in [-0.4, -0.2) is 58.8 Å². The van der Waals surface area contributed by atoms with Gasteiger partial charge in [0.05, 0.1) is 18.2 Å². The summed E-state index contributed by atoms with van der Waals surface area (Å²) in [7, 11) is 0. The molecule has 1 N–H and O–H groups in total. The third kappa shape index (κ3) is 4.72. The molecule has 1 saturated carbocycles. The average molecular weight is 385 g/mol. The van der Waals surface area contributed by atoms with Crippen LogP contribution in [0.3, 0.4) is 0 Å². The first kappa shape index (κ1) is 19.4. The predicted molar refractivity (Wildman–Crippen MR) is 107 cm³/mol. The quantitative estimate of drug-likeness (QED) is 0.845. The average Bonchev–Trinajstić information content (AvgIpc) is 3.57. The molecule has 3 aliphatic rings. The maximum absolute atomic E-state index is 12.7. The molecule has 28 heavy (non-hydrogen) atoms. The lowest BCUT2D eigenvalue weighted by Crippen LogP contribution is -2.51. The Balaban J connectivity index is 1.24. The zero-order chi connectivity index (χ0) is 19.5. The number of likely N-dealkylation sites (tertiary alicyclic amines) is 2. The predicted octanol–water partition coefficient (Wildman–Crippen LogP) is 2.12. The highest BCUT2D eigenvalue weighted by atomic mass is 16.2. The summed E-state index contributed by atoms with van der Waals surface area (Å²) in [5.41, 5.74) is 1.89. The number of hydrogen-bond acceptors (Lipinski definition) is 4. The standard InChI is InChI=1S/C22H32N4O2/c1-16-4-2-6-19(24-16)14-23-21(27)18-5-3-11-26(15-18)20-9-12-25(13-10-20)22(28)17-7-8-17/h2,4,6,17-18,20H,3,5,7-15H2,1H3,(H,23,27)/t18-/m0/s1. The lowest BCUT2D eigenvalue weighted by atomic mass is 9.93. The fourth-order valence-corrected chi connectivity index (χ4v) is 4.61. The van der Waals surface area contributed by atoms with E-state index in [9.17, 15) is 9.59 Å². The molecule has 0 spiro atoms. The maximum atomic E-state index is 12.7. The molecule has 0 aromatic carbocycles. The van der Waals surface area contributed by atoms with E-state index in [1.165, 1.54) is 0 Å². The summed E-state index contributed by atoms with van der Waals surface area (Å²) < 4.78 is 0. The maximum Gasteiger partial charge on any atom is 0.225 e. The van der Waals surface area contributed by atoms with Crippen molar-refractivity contribution < 1.29 is 9.59 Å². The summed E-state index contributed by atoms with van der Waals surface area (Å²) in [5, 5.41) is 3.08. The van der Waals surface area contributed by atoms with Gasteiger partial charge in [-0.25, -0.2) is 0 Å². The molecule has 0 unspecified atom stereocenters. The molecule has 1 aromatic rings. The Morgan fingerprint density at radius 1 is 1.07 bits per heavy atom. The van der Waals surface area contributed by atoms with Crippen LogP contribution in [0.4, 0.5) is 0 Å². The van der Waals surface area contributed by atoms with Crippen molar-refractivity contribution in [2.24, 2.45) is 11.8 Å². The summed E-state index contributed by atoms with van der Waals surface area (Å²) >= 11 is 0. The minimum atomic E-state index is 0.0599. The number of pyridine rings is 1. The number of aryl methyl sites for hydroxylation is 1. The summed E-state index contributed by atoms with van der Waals surface area (Å²) in [6.45, 7) is 6.14. The van der Waals surface area contributed by atoms with Gasteiger partial charge in [0.2, 0.25) is 11.8 Å². The highest BCUT2D eigenvalue weighted by Gasteiger charge is 2.37. The van der Waals surface area contributed by atoms with Crippen LogP contribution in [0.15, 0.2) is 18.2 Å². The van der Waals surface area contributed by atoms with Gasteiger partial charge in [0, 0.05) is 37.3 Å². The van der Waals surface area contributed by atoms with Gasteiger partial charge in [-0.1, -0.05) is 6.07 Å². The highest BCUT2D eigenvalue weighted by molar-refractivity contribution is 5.81. The van der Waals surface area contributed by atoms with Crippen molar-refractivity contribution in [3.63, 3.8) is 0 Å². The van der Waals surface area contributed by atoms with E-state index in [0.29, 0.717) is 24.4 Å². The van der Waals surface area contributed by atoms with Crippen LogP contribution in [0.2, 0.25) is 0 Å². The molecule has 0 radical (unpaired) electrons. The van der Waals surface area contributed by atoms with E-state index in [-0.39, 0.29) is 11.8 Å². The highest BCUT2D eigenvalue weighted by Crippen LogP contribution is 2.32. The first-order chi connectivity index (χ1) is 13.6. The lowest BCUT2D eigenvalue weighted by Gasteiger charge is -2.42. The van der Waals surface area contributed by atoms with Crippen molar-refractivity contribution in [2.45, 2.75) is 58.0 Å². The number of piperidine rings is 2. The third-order valence-corrected chi connectivity index (χ3v) is 6.43. The zero-order valence-electron chi connectivity index (χ0n) is 16.9. The molecule has 3 fully saturated rings. The van der Waals surface area contributed by atoms with Crippen LogP contribution in [-0.2, 0) is 16.1 Å². The van der Waals surface area contributed by atoms with Crippen molar-refractivity contribution in [3.05, 3.63) is 29.6 Å². The van der Waals surface area contributed by atoms with Crippen molar-refractivity contribution in [3.8, 4) is 0 Å². The van der Waals surface area contributed by atoms with Gasteiger partial charge in [0.25, 0.3) is 0 Å². The normalized spacial score (nSPS) is 24.2. The Bertz CT molecular complexity index is 710. The Labute approximate surface area is 167 Å². The third-order valence-electron chi connectivity index (χ3n) is 6.43. The number of nitrogens with zero attached hydrogens (tertiary/aromatic N) is 3. The lowest BCUT2D eigenvalue weighted by molar-refractivity contribution is -0.134. The van der Waals surface area contributed by atoms with E-state index in [0.717, 1.165) is 76.1 Å². The van der Waals surface area contributed by atoms with Gasteiger partial charge in [0.15, 0.2) is 0 Å². The molecule has 6 nitrogen and oxygen atoms in total. The van der Waals surface area contributed by atoms with Gasteiger partial charge in [-0.05, 0) is 64.1 Å². The van der Waals surface area contributed by atoms with E-state index < -0.39 is 0 Å². The second-order valence-corrected chi connectivity index (χ2v) is 8.65. The number of rotatable bonds is 5. The summed E-state index contributed by atoms with van der Waals surface area (Å²) in [5.74, 6) is 0.903. The number of aromatic nitrogens is 1. The topological polar surface area (TPSA) is 65.5 Å². The summed E-state index contributed by atoms with van der Waals surface area (Å²) in [6, 6.07) is 6.41. The molecule has 2 aliphatic heterocycles. The first-order valence-electron chi connectivity index (χ1n) is 10.8. The number of carbonyl (C=O) groups is 2. The van der Waals surface area contributed by atoms with Crippen LogP contribution < -0.4 is 5.32 Å². The second kappa shape index (κ2) is 8.60. The van der Waals surface area contributed by atoms with E-state index in [1.807, 2.05) is 25.1 Å².